The predicted molar refractivity (Wildman–Crippen MR) is 120 cm³/mol. The van der Waals surface area contributed by atoms with Gasteiger partial charge in [-0.1, -0.05) is 60.4 Å². The number of nitrogens with one attached hydrogen (secondary N) is 1. The summed E-state index contributed by atoms with van der Waals surface area (Å²) in [6.07, 6.45) is -0.628. The number of hydrogen-bond donors (Lipinski definition) is 3. The number of fused-ring (bicyclic) bond motifs is 3. The fourth-order valence-corrected chi connectivity index (χ4v) is 3.86. The maximum absolute atomic E-state index is 12.2. The second-order valence-electron chi connectivity index (χ2n) is 7.39. The van der Waals surface area contributed by atoms with Gasteiger partial charge in [-0.15, -0.1) is 0 Å². The number of rotatable bonds is 5. The Morgan fingerprint density at radius 2 is 1.39 bits per heavy atom. The fraction of sp³-hybridized carbons (Fsp3) is 0.115. The molecule has 4 rings (SSSR count). The number of hydrogen-bond acceptors (Lipinski definition) is 4. The number of ether oxygens (including phenoxy) is 1. The maximum Gasteiger partial charge on any atom is 0.407 e. The van der Waals surface area contributed by atoms with Gasteiger partial charge in [-0.2, -0.15) is 0 Å². The quantitative estimate of drug-likeness (QED) is 0.517. The molecule has 0 unspecified atom stereocenters. The lowest BCUT2D eigenvalue weighted by atomic mass is 9.98. The van der Waals surface area contributed by atoms with Crippen molar-refractivity contribution in [3.63, 3.8) is 0 Å². The molecule has 164 valence electrons. The Hall–Kier alpha value is -4.57. The standard InChI is InChI=1S/C26H19NO6/c28-24(29)17-12-16(13-18(14-17)25(30)31)6-5-11-27-26(32)33-15-23-21-9-3-1-7-19(21)20-8-2-4-10-22(20)23/h1-4,7-10,12-14,23H,11,15H2,(H,27,32)(H,28,29)(H,30,31). The molecule has 7 heteroatoms. The van der Waals surface area contributed by atoms with Gasteiger partial charge in [0.2, 0.25) is 0 Å². The molecule has 0 saturated carbocycles. The topological polar surface area (TPSA) is 113 Å². The summed E-state index contributed by atoms with van der Waals surface area (Å²) < 4.78 is 5.42. The molecule has 1 amide bonds. The van der Waals surface area contributed by atoms with E-state index in [0.717, 1.165) is 28.3 Å². The van der Waals surface area contributed by atoms with Crippen molar-refractivity contribution in [2.75, 3.05) is 13.2 Å². The molecule has 1 aliphatic rings. The first-order valence-corrected chi connectivity index (χ1v) is 10.1. The summed E-state index contributed by atoms with van der Waals surface area (Å²) >= 11 is 0. The third-order valence-electron chi connectivity index (χ3n) is 5.32. The van der Waals surface area contributed by atoms with Gasteiger partial charge in [-0.05, 0) is 40.5 Å². The molecule has 3 aromatic carbocycles. The molecular formula is C26H19NO6. The predicted octanol–water partition coefficient (Wildman–Crippen LogP) is 3.97. The van der Waals surface area contributed by atoms with E-state index >= 15 is 0 Å². The molecule has 0 atom stereocenters. The molecule has 0 fully saturated rings. The summed E-state index contributed by atoms with van der Waals surface area (Å²) in [4.78, 5) is 34.5. The van der Waals surface area contributed by atoms with Gasteiger partial charge >= 0.3 is 18.0 Å². The van der Waals surface area contributed by atoms with Gasteiger partial charge in [-0.3, -0.25) is 0 Å². The van der Waals surface area contributed by atoms with Gasteiger partial charge in [0.05, 0.1) is 17.7 Å². The Morgan fingerprint density at radius 3 is 1.94 bits per heavy atom. The Balaban J connectivity index is 1.37. The largest absolute Gasteiger partial charge is 0.478 e. The third kappa shape index (κ3) is 4.70. The van der Waals surface area contributed by atoms with E-state index in [9.17, 15) is 14.4 Å². The van der Waals surface area contributed by atoms with Crippen LogP contribution in [0.1, 0.15) is 43.3 Å². The van der Waals surface area contributed by atoms with Crippen LogP contribution in [0.5, 0.6) is 0 Å². The molecule has 0 bridgehead atoms. The van der Waals surface area contributed by atoms with Gasteiger partial charge in [0.15, 0.2) is 0 Å². The van der Waals surface area contributed by atoms with Crippen LogP contribution in [-0.4, -0.2) is 41.4 Å². The normalized spacial score (nSPS) is 11.5. The van der Waals surface area contributed by atoms with Crippen LogP contribution in [0.4, 0.5) is 4.79 Å². The van der Waals surface area contributed by atoms with Crippen LogP contribution < -0.4 is 5.32 Å². The number of alkyl carbamates (subject to hydrolysis) is 1. The number of carbonyl (C=O) groups is 3. The van der Waals surface area contributed by atoms with Crippen LogP contribution in [-0.2, 0) is 4.74 Å². The molecule has 3 aromatic rings. The monoisotopic (exact) mass is 441 g/mol. The summed E-state index contributed by atoms with van der Waals surface area (Å²) in [5.74, 6) is 2.79. The van der Waals surface area contributed by atoms with E-state index in [4.69, 9.17) is 14.9 Å². The highest BCUT2D eigenvalue weighted by Crippen LogP contribution is 2.44. The summed E-state index contributed by atoms with van der Waals surface area (Å²) in [6, 6.07) is 19.7. The second-order valence-corrected chi connectivity index (χ2v) is 7.39. The van der Waals surface area contributed by atoms with E-state index in [1.54, 1.807) is 0 Å². The first-order valence-electron chi connectivity index (χ1n) is 10.1. The Kier molecular flexibility index (Phi) is 6.09. The van der Waals surface area contributed by atoms with Crippen molar-refractivity contribution in [2.45, 2.75) is 5.92 Å². The highest BCUT2D eigenvalue weighted by molar-refractivity contribution is 5.94. The molecule has 3 N–H and O–H groups in total. The van der Waals surface area contributed by atoms with Gasteiger partial charge in [-0.25, -0.2) is 14.4 Å². The maximum atomic E-state index is 12.2. The summed E-state index contributed by atoms with van der Waals surface area (Å²) in [6.45, 7) is 0.131. The Labute approximate surface area is 189 Å². The third-order valence-corrected chi connectivity index (χ3v) is 5.32. The van der Waals surface area contributed by atoms with Crippen molar-refractivity contribution < 1.29 is 29.3 Å². The van der Waals surface area contributed by atoms with Crippen molar-refractivity contribution in [2.24, 2.45) is 0 Å². The van der Waals surface area contributed by atoms with Gasteiger partial charge in [0, 0.05) is 11.5 Å². The molecule has 0 aliphatic heterocycles. The van der Waals surface area contributed by atoms with Gasteiger partial charge in [0.25, 0.3) is 0 Å². The van der Waals surface area contributed by atoms with E-state index in [2.05, 4.69) is 29.3 Å². The lowest BCUT2D eigenvalue weighted by molar-refractivity contribution is 0.0696. The molecule has 1 aliphatic carbocycles. The average Bonchev–Trinajstić information content (AvgIpc) is 3.14. The van der Waals surface area contributed by atoms with Crippen LogP contribution in [0, 0.1) is 11.8 Å². The minimum atomic E-state index is -1.25. The Bertz CT molecular complexity index is 1240. The zero-order valence-electron chi connectivity index (χ0n) is 17.4. The van der Waals surface area contributed by atoms with Gasteiger partial charge < -0.3 is 20.3 Å². The SMILES string of the molecule is O=C(NCC#Cc1cc(C(=O)O)cc(C(=O)O)c1)OCC1c2ccccc2-c2ccccc21. The highest BCUT2D eigenvalue weighted by atomic mass is 16.5. The number of amides is 1. The van der Waals surface area contributed by atoms with Crippen molar-refractivity contribution in [1.29, 1.82) is 0 Å². The molecule has 0 saturated heterocycles. The first-order chi connectivity index (χ1) is 15.9. The Morgan fingerprint density at radius 1 is 0.848 bits per heavy atom. The van der Waals surface area contributed by atoms with E-state index < -0.39 is 18.0 Å². The molecular weight excluding hydrogens is 422 g/mol. The lowest BCUT2D eigenvalue weighted by Crippen LogP contribution is -2.26. The number of carbonyl (C=O) groups excluding carboxylic acids is 1. The van der Waals surface area contributed by atoms with Crippen LogP contribution in [0.3, 0.4) is 0 Å². The van der Waals surface area contributed by atoms with Crippen LogP contribution >= 0.6 is 0 Å². The summed E-state index contributed by atoms with van der Waals surface area (Å²) in [5, 5.41) is 20.8. The van der Waals surface area contributed by atoms with Crippen molar-refractivity contribution in [1.82, 2.24) is 5.32 Å². The van der Waals surface area contributed by atoms with E-state index in [1.165, 1.54) is 12.1 Å². The number of aromatic carboxylic acids is 2. The number of benzene rings is 3. The zero-order valence-corrected chi connectivity index (χ0v) is 17.4. The zero-order chi connectivity index (χ0) is 23.4. The molecule has 0 heterocycles. The minimum Gasteiger partial charge on any atom is -0.478 e. The number of carboxylic acid groups (broad SMARTS) is 2. The average molecular weight is 441 g/mol. The number of carboxylic acids is 2. The van der Waals surface area contributed by atoms with Crippen molar-refractivity contribution in [3.05, 3.63) is 94.5 Å². The van der Waals surface area contributed by atoms with E-state index in [-0.39, 0.29) is 35.8 Å². The first kappa shape index (κ1) is 21.7. The molecule has 33 heavy (non-hydrogen) atoms. The van der Waals surface area contributed by atoms with Crippen molar-refractivity contribution >= 4 is 18.0 Å². The van der Waals surface area contributed by atoms with E-state index in [1.807, 2.05) is 36.4 Å². The highest BCUT2D eigenvalue weighted by Gasteiger charge is 2.28. The summed E-state index contributed by atoms with van der Waals surface area (Å²) in [5.41, 5.74) is 4.36. The van der Waals surface area contributed by atoms with Crippen LogP contribution in [0.25, 0.3) is 11.1 Å². The molecule has 0 radical (unpaired) electrons. The van der Waals surface area contributed by atoms with Gasteiger partial charge in [0.1, 0.15) is 6.61 Å². The van der Waals surface area contributed by atoms with Crippen molar-refractivity contribution in [3.8, 4) is 23.0 Å². The lowest BCUT2D eigenvalue weighted by Gasteiger charge is -2.14. The second kappa shape index (κ2) is 9.28. The molecule has 7 nitrogen and oxygen atoms in total. The molecule has 0 spiro atoms. The van der Waals surface area contributed by atoms with Crippen LogP contribution in [0.15, 0.2) is 66.7 Å². The fourth-order valence-electron chi connectivity index (χ4n) is 3.86. The smallest absolute Gasteiger partial charge is 0.407 e. The van der Waals surface area contributed by atoms with E-state index in [0.29, 0.717) is 0 Å². The summed E-state index contributed by atoms with van der Waals surface area (Å²) in [7, 11) is 0. The molecule has 0 aromatic heterocycles. The minimum absolute atomic E-state index is 0.0453. The van der Waals surface area contributed by atoms with Crippen LogP contribution in [0.2, 0.25) is 0 Å².